The number of halogens is 2. The molecule has 1 aliphatic rings. The van der Waals surface area contributed by atoms with E-state index < -0.39 is 0 Å². The maximum absolute atomic E-state index is 12.7. The summed E-state index contributed by atoms with van der Waals surface area (Å²) in [4.78, 5) is 32.4. The lowest BCUT2D eigenvalue weighted by Crippen LogP contribution is -2.30. The quantitative estimate of drug-likeness (QED) is 0.0857. The minimum absolute atomic E-state index is 0.143. The molecule has 0 fully saturated rings. The Morgan fingerprint density at radius 2 is 1.71 bits per heavy atom. The van der Waals surface area contributed by atoms with Crippen LogP contribution in [0.3, 0.4) is 0 Å². The molecule has 0 aliphatic carbocycles. The first-order chi connectivity index (χ1) is 25.2. The number of rotatable bonds is 14. The third-order valence-corrected chi connectivity index (χ3v) is 9.90. The fourth-order valence-electron chi connectivity index (χ4n) is 6.00. The highest BCUT2D eigenvalue weighted by molar-refractivity contribution is 9.11. The standard InChI is InChI=1S/C42H40Br2N4O4/c1-4-48(5-2)32-17-14-30(13-16-31-15-12-29-9-6-7-10-37(29)46-31)39(25-32)51-20-8-19-45-40(49)26-52-41-35(43)23-28(24-36(41)44)22-34-33-21-27(3)11-18-38(33)47-42(34)50/h6-7,9-18,21-25H,4-5,8,19-20,26H2,1-3H3,(H,45,49)(H,47,50)/b16-13+,34-22-. The van der Waals surface area contributed by atoms with Crippen molar-refractivity contribution in [2.45, 2.75) is 27.2 Å². The number of para-hydroxylation sites is 1. The highest BCUT2D eigenvalue weighted by Gasteiger charge is 2.24. The number of pyridine rings is 1. The van der Waals surface area contributed by atoms with Gasteiger partial charge in [0.15, 0.2) is 6.61 Å². The van der Waals surface area contributed by atoms with E-state index in [1.54, 1.807) is 0 Å². The smallest absolute Gasteiger partial charge is 0.257 e. The number of aryl methyl sites for hydroxylation is 1. The Labute approximate surface area is 321 Å². The first-order valence-electron chi connectivity index (χ1n) is 17.3. The van der Waals surface area contributed by atoms with Crippen LogP contribution in [0.15, 0.2) is 93.9 Å². The summed E-state index contributed by atoms with van der Waals surface area (Å²) in [5.74, 6) is 0.892. The fourth-order valence-corrected chi connectivity index (χ4v) is 7.46. The monoisotopic (exact) mass is 822 g/mol. The molecule has 6 rings (SSSR count). The predicted molar refractivity (Wildman–Crippen MR) is 219 cm³/mol. The summed E-state index contributed by atoms with van der Waals surface area (Å²) in [6, 6.07) is 28.0. The number of carbonyl (C=O) groups is 2. The minimum Gasteiger partial charge on any atom is -0.493 e. The maximum Gasteiger partial charge on any atom is 0.257 e. The number of fused-ring (bicyclic) bond motifs is 2. The molecule has 0 unspecified atom stereocenters. The highest BCUT2D eigenvalue weighted by atomic mass is 79.9. The second-order valence-electron chi connectivity index (χ2n) is 12.4. The number of benzene rings is 4. The predicted octanol–water partition coefficient (Wildman–Crippen LogP) is 9.54. The summed E-state index contributed by atoms with van der Waals surface area (Å²) < 4.78 is 13.5. The lowest BCUT2D eigenvalue weighted by atomic mass is 10.0. The average Bonchev–Trinajstić information content (AvgIpc) is 3.44. The van der Waals surface area contributed by atoms with E-state index in [1.807, 2.05) is 79.7 Å². The zero-order valence-electron chi connectivity index (χ0n) is 29.3. The van der Waals surface area contributed by atoms with Gasteiger partial charge in [0.1, 0.15) is 11.5 Å². The van der Waals surface area contributed by atoms with E-state index in [0.717, 1.165) is 69.1 Å². The number of anilines is 2. The van der Waals surface area contributed by atoms with Crippen molar-refractivity contribution in [1.29, 1.82) is 0 Å². The molecule has 0 radical (unpaired) electrons. The summed E-state index contributed by atoms with van der Waals surface area (Å²) in [7, 11) is 0. The van der Waals surface area contributed by atoms with Crippen LogP contribution in [0.1, 0.15) is 48.2 Å². The zero-order valence-corrected chi connectivity index (χ0v) is 32.5. The molecule has 8 nitrogen and oxygen atoms in total. The number of amides is 2. The summed E-state index contributed by atoms with van der Waals surface area (Å²) in [6.45, 7) is 8.76. The van der Waals surface area contributed by atoms with E-state index in [9.17, 15) is 9.59 Å². The lowest BCUT2D eigenvalue weighted by molar-refractivity contribution is -0.123. The van der Waals surface area contributed by atoms with Crippen molar-refractivity contribution in [2.24, 2.45) is 0 Å². The van der Waals surface area contributed by atoms with Crippen molar-refractivity contribution >= 4 is 89.8 Å². The second-order valence-corrected chi connectivity index (χ2v) is 14.1. The molecule has 0 saturated heterocycles. The third-order valence-electron chi connectivity index (χ3n) is 8.72. The Hall–Kier alpha value is -4.93. The normalized spacial score (nSPS) is 13.0. The Balaban J connectivity index is 1.03. The fraction of sp³-hybridized carbons (Fsp3) is 0.214. The van der Waals surface area contributed by atoms with Crippen molar-refractivity contribution < 1.29 is 19.1 Å². The van der Waals surface area contributed by atoms with E-state index in [2.05, 4.69) is 91.6 Å². The van der Waals surface area contributed by atoms with Gasteiger partial charge in [0, 0.05) is 59.2 Å². The first kappa shape index (κ1) is 36.8. The van der Waals surface area contributed by atoms with Crippen LogP contribution < -0.4 is 25.0 Å². The molecule has 5 aromatic rings. The molecule has 0 spiro atoms. The average molecular weight is 825 g/mol. The van der Waals surface area contributed by atoms with Gasteiger partial charge in [0.25, 0.3) is 11.8 Å². The van der Waals surface area contributed by atoms with Crippen molar-refractivity contribution in [3.8, 4) is 11.5 Å². The van der Waals surface area contributed by atoms with Crippen LogP contribution in [-0.2, 0) is 9.59 Å². The molecular weight excluding hydrogens is 784 g/mol. The van der Waals surface area contributed by atoms with E-state index in [0.29, 0.717) is 39.8 Å². The SMILES string of the molecule is CCN(CC)c1ccc(/C=C/c2ccc3ccccc3n2)c(OCCCNC(=O)COc2c(Br)cc(/C=C3\C(=O)Nc4ccc(C)cc43)cc2Br)c1. The summed E-state index contributed by atoms with van der Waals surface area (Å²) in [6.07, 6.45) is 6.49. The van der Waals surface area contributed by atoms with Crippen molar-refractivity contribution in [3.63, 3.8) is 0 Å². The van der Waals surface area contributed by atoms with Gasteiger partial charge in [0.2, 0.25) is 0 Å². The molecule has 0 bridgehead atoms. The molecule has 2 heterocycles. The van der Waals surface area contributed by atoms with Crippen LogP contribution >= 0.6 is 31.9 Å². The molecule has 2 N–H and O–H groups in total. The van der Waals surface area contributed by atoms with Gasteiger partial charge in [-0.15, -0.1) is 0 Å². The largest absolute Gasteiger partial charge is 0.493 e. The molecule has 4 aromatic carbocycles. The highest BCUT2D eigenvalue weighted by Crippen LogP contribution is 2.38. The third kappa shape index (κ3) is 8.92. The van der Waals surface area contributed by atoms with Gasteiger partial charge in [-0.25, -0.2) is 4.98 Å². The zero-order chi connectivity index (χ0) is 36.6. The van der Waals surface area contributed by atoms with Crippen molar-refractivity contribution in [1.82, 2.24) is 10.3 Å². The Morgan fingerprint density at radius 3 is 2.50 bits per heavy atom. The number of aromatic nitrogens is 1. The Bertz CT molecular complexity index is 2150. The molecule has 2 amide bonds. The molecular formula is C42H40Br2N4O4. The number of ether oxygens (including phenoxy) is 2. The number of hydrogen-bond acceptors (Lipinski definition) is 6. The van der Waals surface area contributed by atoms with E-state index in [-0.39, 0.29) is 18.4 Å². The van der Waals surface area contributed by atoms with E-state index in [1.165, 1.54) is 0 Å². The first-order valence-corrected chi connectivity index (χ1v) is 18.9. The van der Waals surface area contributed by atoms with E-state index >= 15 is 0 Å². The van der Waals surface area contributed by atoms with Crippen LogP contribution in [-0.4, -0.2) is 49.6 Å². The topological polar surface area (TPSA) is 92.8 Å². The van der Waals surface area contributed by atoms with Gasteiger partial charge in [-0.05, 0) is 131 Å². The summed E-state index contributed by atoms with van der Waals surface area (Å²) in [5.41, 5.74) is 8.02. The van der Waals surface area contributed by atoms with Gasteiger partial charge in [-0.2, -0.15) is 0 Å². The van der Waals surface area contributed by atoms with Gasteiger partial charge < -0.3 is 25.0 Å². The lowest BCUT2D eigenvalue weighted by Gasteiger charge is -2.22. The summed E-state index contributed by atoms with van der Waals surface area (Å²) >= 11 is 7.14. The van der Waals surface area contributed by atoms with Crippen LogP contribution in [0.25, 0.3) is 34.7 Å². The summed E-state index contributed by atoms with van der Waals surface area (Å²) in [5, 5.41) is 6.94. The molecule has 0 atom stereocenters. The van der Waals surface area contributed by atoms with Crippen LogP contribution in [0, 0.1) is 6.92 Å². The van der Waals surface area contributed by atoms with Crippen molar-refractivity contribution in [2.75, 3.05) is 43.1 Å². The van der Waals surface area contributed by atoms with Crippen LogP contribution in [0.2, 0.25) is 0 Å². The molecule has 52 heavy (non-hydrogen) atoms. The van der Waals surface area contributed by atoms with Gasteiger partial charge in [-0.1, -0.05) is 35.9 Å². The molecule has 1 aliphatic heterocycles. The minimum atomic E-state index is -0.241. The Morgan fingerprint density at radius 1 is 0.923 bits per heavy atom. The molecule has 266 valence electrons. The van der Waals surface area contributed by atoms with Gasteiger partial charge in [0.05, 0.1) is 26.8 Å². The molecule has 0 saturated carbocycles. The molecule has 10 heteroatoms. The van der Waals surface area contributed by atoms with E-state index in [4.69, 9.17) is 14.5 Å². The van der Waals surface area contributed by atoms with Crippen molar-refractivity contribution in [3.05, 3.63) is 122 Å². The number of nitrogens with zero attached hydrogens (tertiary/aromatic N) is 2. The molecule has 1 aromatic heterocycles. The Kier molecular flexibility index (Phi) is 12.1. The number of nitrogens with one attached hydrogen (secondary N) is 2. The van der Waals surface area contributed by atoms with Gasteiger partial charge >= 0.3 is 0 Å². The van der Waals surface area contributed by atoms with Crippen LogP contribution in [0.4, 0.5) is 11.4 Å². The van der Waals surface area contributed by atoms with Crippen LogP contribution in [0.5, 0.6) is 11.5 Å². The second kappa shape index (κ2) is 17.1. The number of carbonyl (C=O) groups excluding carboxylic acids is 2. The maximum atomic E-state index is 12.7. The van der Waals surface area contributed by atoms with Gasteiger partial charge in [-0.3, -0.25) is 9.59 Å². The number of hydrogen-bond donors (Lipinski definition) is 2.